The average molecular weight is 512 g/mol. The van der Waals surface area contributed by atoms with Gasteiger partial charge >= 0.3 is 0 Å². The number of aliphatic hydroxyl groups is 1. The number of carbonyl (C=O) groups is 3. The predicted octanol–water partition coefficient (Wildman–Crippen LogP) is 3.45. The van der Waals surface area contributed by atoms with Crippen LogP contribution in [0.25, 0.3) is 0 Å². The molecule has 190 valence electrons. The molecule has 8 nitrogen and oxygen atoms in total. The standard InChI is InChI=1S/C27H30ClN3O5/c1-26-13-14-27(36-26)21(20(26)23(33)29-18-7-3-2-4-8-18)25(35)31(15-5-6-16-32)22(27)24(34)30-19-11-9-17(28)10-12-19/h2-4,7-12,20-22,32H,5-6,13-16H2,1H3,(H,29,33)(H,30,34)/t20-,21+,22?,26+,27?/m1/s1. The third-order valence-electron chi connectivity index (χ3n) is 7.77. The number of nitrogens with one attached hydrogen (secondary N) is 2. The van der Waals surface area contributed by atoms with Gasteiger partial charge in [0.25, 0.3) is 0 Å². The number of rotatable bonds is 8. The number of unbranched alkanes of at least 4 members (excludes halogenated alkanes) is 1. The van der Waals surface area contributed by atoms with E-state index < -0.39 is 29.1 Å². The van der Waals surface area contributed by atoms with E-state index >= 15 is 0 Å². The van der Waals surface area contributed by atoms with Crippen molar-refractivity contribution in [3.63, 3.8) is 0 Å². The van der Waals surface area contributed by atoms with Gasteiger partial charge in [-0.1, -0.05) is 29.8 Å². The second-order valence-electron chi connectivity index (χ2n) is 10.0. The molecule has 2 aromatic carbocycles. The van der Waals surface area contributed by atoms with Gasteiger partial charge in [-0.2, -0.15) is 0 Å². The van der Waals surface area contributed by atoms with E-state index in [0.717, 1.165) is 0 Å². The average Bonchev–Trinajstić information content (AvgIpc) is 3.42. The fraction of sp³-hybridized carbons (Fsp3) is 0.444. The largest absolute Gasteiger partial charge is 0.396 e. The Labute approximate surface area is 215 Å². The lowest BCUT2D eigenvalue weighted by atomic mass is 9.66. The number of halogens is 1. The summed E-state index contributed by atoms with van der Waals surface area (Å²) in [6.07, 6.45) is 2.11. The second kappa shape index (κ2) is 9.50. The summed E-state index contributed by atoms with van der Waals surface area (Å²) in [5, 5.41) is 15.7. The van der Waals surface area contributed by atoms with Crippen LogP contribution in [0.1, 0.15) is 32.6 Å². The Balaban J connectivity index is 1.48. The molecule has 36 heavy (non-hydrogen) atoms. The van der Waals surface area contributed by atoms with Gasteiger partial charge in [-0.3, -0.25) is 14.4 Å². The Kier molecular flexibility index (Phi) is 6.53. The minimum atomic E-state index is -1.10. The van der Waals surface area contributed by atoms with Crippen LogP contribution >= 0.6 is 11.6 Å². The number of nitrogens with zero attached hydrogens (tertiary/aromatic N) is 1. The predicted molar refractivity (Wildman–Crippen MR) is 135 cm³/mol. The highest BCUT2D eigenvalue weighted by Gasteiger charge is 2.77. The number of hydrogen-bond acceptors (Lipinski definition) is 5. The maximum atomic E-state index is 13.9. The minimum absolute atomic E-state index is 0.00504. The number of para-hydroxylation sites is 1. The normalized spacial score (nSPS) is 30.4. The molecule has 3 aliphatic rings. The van der Waals surface area contributed by atoms with E-state index in [-0.39, 0.29) is 24.3 Å². The molecule has 3 fully saturated rings. The maximum Gasteiger partial charge on any atom is 0.250 e. The van der Waals surface area contributed by atoms with Crippen molar-refractivity contribution in [2.75, 3.05) is 23.8 Å². The number of likely N-dealkylation sites (tertiary alicyclic amines) is 1. The van der Waals surface area contributed by atoms with E-state index in [0.29, 0.717) is 48.6 Å². The van der Waals surface area contributed by atoms with Gasteiger partial charge in [-0.25, -0.2) is 0 Å². The fourth-order valence-electron chi connectivity index (χ4n) is 6.25. The van der Waals surface area contributed by atoms with E-state index in [1.54, 1.807) is 41.3 Å². The van der Waals surface area contributed by atoms with Crippen molar-refractivity contribution in [2.45, 2.75) is 49.9 Å². The lowest BCUT2D eigenvalue weighted by Gasteiger charge is -2.33. The van der Waals surface area contributed by atoms with Crippen molar-refractivity contribution >= 4 is 40.7 Å². The number of ether oxygens (including phenoxy) is 1. The second-order valence-corrected chi connectivity index (χ2v) is 10.5. The van der Waals surface area contributed by atoms with Crippen LogP contribution in [-0.4, -0.2) is 58.1 Å². The van der Waals surface area contributed by atoms with Crippen molar-refractivity contribution in [1.82, 2.24) is 4.90 Å². The van der Waals surface area contributed by atoms with Crippen molar-refractivity contribution in [3.05, 3.63) is 59.6 Å². The van der Waals surface area contributed by atoms with Crippen LogP contribution in [0.2, 0.25) is 5.02 Å². The molecule has 3 heterocycles. The zero-order valence-corrected chi connectivity index (χ0v) is 20.8. The van der Waals surface area contributed by atoms with Crippen molar-refractivity contribution < 1.29 is 24.2 Å². The van der Waals surface area contributed by atoms with Crippen molar-refractivity contribution in [2.24, 2.45) is 11.8 Å². The molecule has 5 atom stereocenters. The van der Waals surface area contributed by atoms with Gasteiger partial charge in [0.05, 0.1) is 17.4 Å². The molecule has 3 amide bonds. The van der Waals surface area contributed by atoms with Crippen LogP contribution in [0, 0.1) is 11.8 Å². The molecule has 0 radical (unpaired) electrons. The van der Waals surface area contributed by atoms with Crippen LogP contribution in [-0.2, 0) is 19.1 Å². The molecule has 5 rings (SSSR count). The first-order valence-electron chi connectivity index (χ1n) is 12.3. The van der Waals surface area contributed by atoms with Gasteiger partial charge in [0.1, 0.15) is 11.6 Å². The van der Waals surface area contributed by atoms with E-state index in [1.807, 2.05) is 25.1 Å². The highest BCUT2D eigenvalue weighted by Crippen LogP contribution is 2.63. The molecule has 0 aliphatic carbocycles. The first kappa shape index (κ1) is 24.7. The molecule has 0 aromatic heterocycles. The Morgan fingerprint density at radius 2 is 1.69 bits per heavy atom. The summed E-state index contributed by atoms with van der Waals surface area (Å²) in [6, 6.07) is 15.0. The summed E-state index contributed by atoms with van der Waals surface area (Å²) in [7, 11) is 0. The fourth-order valence-corrected chi connectivity index (χ4v) is 6.37. The molecular formula is C27H30ClN3O5. The molecule has 3 saturated heterocycles. The Morgan fingerprint density at radius 3 is 2.39 bits per heavy atom. The van der Waals surface area contributed by atoms with Gasteiger partial charge in [-0.05, 0) is 69.0 Å². The van der Waals surface area contributed by atoms with E-state index in [2.05, 4.69) is 10.6 Å². The first-order valence-corrected chi connectivity index (χ1v) is 12.7. The van der Waals surface area contributed by atoms with Crippen molar-refractivity contribution in [3.8, 4) is 0 Å². The summed E-state index contributed by atoms with van der Waals surface area (Å²) in [5.74, 6) is -2.38. The maximum absolute atomic E-state index is 13.9. The van der Waals surface area contributed by atoms with Gasteiger partial charge < -0.3 is 25.4 Å². The van der Waals surface area contributed by atoms with Crippen LogP contribution in [0.4, 0.5) is 11.4 Å². The third-order valence-corrected chi connectivity index (χ3v) is 8.02. The number of anilines is 2. The molecule has 2 aromatic rings. The highest BCUT2D eigenvalue weighted by molar-refractivity contribution is 6.30. The third kappa shape index (κ3) is 4.07. The van der Waals surface area contributed by atoms with Crippen LogP contribution in [0.3, 0.4) is 0 Å². The number of hydrogen-bond donors (Lipinski definition) is 3. The van der Waals surface area contributed by atoms with Gasteiger partial charge in [0, 0.05) is 29.5 Å². The van der Waals surface area contributed by atoms with Gasteiger partial charge in [-0.15, -0.1) is 0 Å². The molecule has 1 spiro atoms. The molecule has 9 heteroatoms. The van der Waals surface area contributed by atoms with Crippen LogP contribution in [0.5, 0.6) is 0 Å². The molecule has 2 bridgehead atoms. The van der Waals surface area contributed by atoms with Crippen LogP contribution in [0.15, 0.2) is 54.6 Å². The number of aliphatic hydroxyl groups excluding tert-OH is 1. The van der Waals surface area contributed by atoms with Crippen molar-refractivity contribution in [1.29, 1.82) is 0 Å². The minimum Gasteiger partial charge on any atom is -0.396 e. The Bertz CT molecular complexity index is 1160. The number of amides is 3. The summed E-state index contributed by atoms with van der Waals surface area (Å²) < 4.78 is 6.59. The quantitative estimate of drug-likeness (QED) is 0.470. The van der Waals surface area contributed by atoms with Crippen LogP contribution < -0.4 is 10.6 Å². The SMILES string of the molecule is C[C@@]12CCC3(O1)C(C(=O)Nc1ccc(Cl)cc1)N(CCCCO)C(=O)[C@@H]3[C@@H]2C(=O)Nc1ccccc1. The van der Waals surface area contributed by atoms with E-state index in [9.17, 15) is 19.5 Å². The number of carbonyl (C=O) groups excluding carboxylic acids is 3. The molecule has 3 N–H and O–H groups in total. The zero-order valence-electron chi connectivity index (χ0n) is 20.1. The highest BCUT2D eigenvalue weighted by atomic mass is 35.5. The Morgan fingerprint density at radius 1 is 1.03 bits per heavy atom. The topological polar surface area (TPSA) is 108 Å². The number of fused-ring (bicyclic) bond motifs is 1. The first-order chi connectivity index (χ1) is 17.3. The lowest BCUT2D eigenvalue weighted by molar-refractivity contribution is -0.143. The smallest absolute Gasteiger partial charge is 0.250 e. The van der Waals surface area contributed by atoms with E-state index in [1.165, 1.54) is 0 Å². The van der Waals surface area contributed by atoms with E-state index in [4.69, 9.17) is 16.3 Å². The van der Waals surface area contributed by atoms with Gasteiger partial charge in [0.2, 0.25) is 17.7 Å². The molecule has 0 saturated carbocycles. The van der Waals surface area contributed by atoms with Gasteiger partial charge in [0.15, 0.2) is 0 Å². The summed E-state index contributed by atoms with van der Waals surface area (Å²) in [6.45, 7) is 2.16. The monoisotopic (exact) mass is 511 g/mol. The zero-order chi connectivity index (χ0) is 25.5. The lowest BCUT2D eigenvalue weighted by Crippen LogP contribution is -2.53. The summed E-state index contributed by atoms with van der Waals surface area (Å²) in [4.78, 5) is 42.7. The molecular weight excluding hydrogens is 482 g/mol. The molecule has 3 aliphatic heterocycles. The molecule has 2 unspecified atom stereocenters. The summed E-state index contributed by atoms with van der Waals surface area (Å²) >= 11 is 5.99. The number of benzene rings is 2. The summed E-state index contributed by atoms with van der Waals surface area (Å²) in [5.41, 5.74) is -0.746. The Hall–Kier alpha value is -2.94.